The first-order valence-electron chi connectivity index (χ1n) is 9.94. The molecule has 2 N–H and O–H groups in total. The monoisotopic (exact) mass is 386 g/mol. The topological polar surface area (TPSA) is 88.0 Å². The Balaban J connectivity index is 1.81. The van der Waals surface area contributed by atoms with E-state index in [1.807, 2.05) is 13.8 Å². The van der Waals surface area contributed by atoms with Crippen molar-refractivity contribution < 1.29 is 14.3 Å². The van der Waals surface area contributed by atoms with Gasteiger partial charge in [-0.05, 0) is 49.7 Å². The smallest absolute Gasteiger partial charge is 0.303 e. The summed E-state index contributed by atoms with van der Waals surface area (Å²) in [6.45, 7) is 4.04. The molecular weight excluding hydrogens is 359 g/mol. The number of hydrogen-bond acceptors (Lipinski definition) is 5. The number of rotatable bonds is 9. The van der Waals surface area contributed by atoms with Crippen LogP contribution in [-0.2, 0) is 10.2 Å². The number of carboxylic acids is 1. The van der Waals surface area contributed by atoms with Gasteiger partial charge in [-0.15, -0.1) is 0 Å². The van der Waals surface area contributed by atoms with Gasteiger partial charge in [-0.1, -0.05) is 20.3 Å². The van der Waals surface area contributed by atoms with Gasteiger partial charge in [0.15, 0.2) is 11.6 Å². The molecule has 0 radical (unpaired) electrons. The second-order valence-corrected chi connectivity index (χ2v) is 7.52. The van der Waals surface area contributed by atoms with Crippen molar-refractivity contribution in [1.82, 2.24) is 15.0 Å². The zero-order valence-electron chi connectivity index (χ0n) is 16.4. The molecule has 2 aromatic rings. The highest BCUT2D eigenvalue weighted by atomic mass is 19.1. The number of aromatic nitrogens is 3. The van der Waals surface area contributed by atoms with Crippen molar-refractivity contribution in [3.8, 4) is 0 Å². The van der Waals surface area contributed by atoms with Crippen molar-refractivity contribution in [1.29, 1.82) is 0 Å². The van der Waals surface area contributed by atoms with Crippen molar-refractivity contribution in [3.05, 3.63) is 41.7 Å². The molecule has 1 aliphatic carbocycles. The van der Waals surface area contributed by atoms with Gasteiger partial charge in [-0.3, -0.25) is 9.78 Å². The molecule has 150 valence electrons. The highest BCUT2D eigenvalue weighted by Crippen LogP contribution is 2.37. The van der Waals surface area contributed by atoms with Crippen LogP contribution in [0.1, 0.15) is 76.0 Å². The maximum atomic E-state index is 14.5. The molecule has 1 saturated carbocycles. The normalized spacial score (nSPS) is 14.5. The Morgan fingerprint density at radius 1 is 1.29 bits per heavy atom. The lowest BCUT2D eigenvalue weighted by Crippen LogP contribution is -2.27. The average molecular weight is 386 g/mol. The Kier molecular flexibility index (Phi) is 6.21. The zero-order valence-corrected chi connectivity index (χ0v) is 16.4. The van der Waals surface area contributed by atoms with E-state index >= 15 is 0 Å². The first-order valence-corrected chi connectivity index (χ1v) is 9.94. The summed E-state index contributed by atoms with van der Waals surface area (Å²) in [5, 5.41) is 12.0. The van der Waals surface area contributed by atoms with E-state index in [4.69, 9.17) is 5.11 Å². The number of hydrogen-bond donors (Lipinski definition) is 2. The molecule has 3 rings (SSSR count). The first-order chi connectivity index (χ1) is 13.5. The van der Waals surface area contributed by atoms with Gasteiger partial charge in [-0.2, -0.15) is 0 Å². The molecule has 0 spiro atoms. The summed E-state index contributed by atoms with van der Waals surface area (Å²) in [5.41, 5.74) is 1.29. The van der Waals surface area contributed by atoms with Gasteiger partial charge in [0, 0.05) is 24.2 Å². The SMILES string of the molecule is CCC(CC)(CCC(=O)O)c1cncc(Nc2ncc(C3CCC3)cc2F)n1. The quantitative estimate of drug-likeness (QED) is 0.634. The lowest BCUT2D eigenvalue weighted by molar-refractivity contribution is -0.137. The van der Waals surface area contributed by atoms with E-state index in [2.05, 4.69) is 20.3 Å². The number of nitrogens with one attached hydrogen (secondary N) is 1. The second-order valence-electron chi connectivity index (χ2n) is 7.52. The molecule has 2 heterocycles. The predicted molar refractivity (Wildman–Crippen MR) is 105 cm³/mol. The summed E-state index contributed by atoms with van der Waals surface area (Å²) < 4.78 is 14.5. The third-order valence-electron chi connectivity index (χ3n) is 6.03. The van der Waals surface area contributed by atoms with Crippen LogP contribution in [0.2, 0.25) is 0 Å². The van der Waals surface area contributed by atoms with Crippen LogP contribution in [0.5, 0.6) is 0 Å². The van der Waals surface area contributed by atoms with Gasteiger partial charge in [-0.25, -0.2) is 14.4 Å². The Labute approximate surface area is 164 Å². The number of nitrogens with zero attached hydrogens (tertiary/aromatic N) is 3. The Morgan fingerprint density at radius 2 is 2.04 bits per heavy atom. The molecule has 0 bridgehead atoms. The molecule has 7 heteroatoms. The second kappa shape index (κ2) is 8.63. The highest BCUT2D eigenvalue weighted by molar-refractivity contribution is 5.66. The van der Waals surface area contributed by atoms with E-state index in [0.29, 0.717) is 18.2 Å². The van der Waals surface area contributed by atoms with Gasteiger partial charge < -0.3 is 10.4 Å². The lowest BCUT2D eigenvalue weighted by atomic mass is 9.75. The largest absolute Gasteiger partial charge is 0.481 e. The zero-order chi connectivity index (χ0) is 20.1. The first kappa shape index (κ1) is 20.2. The van der Waals surface area contributed by atoms with Crippen LogP contribution in [0.4, 0.5) is 16.0 Å². The van der Waals surface area contributed by atoms with Crippen LogP contribution < -0.4 is 5.32 Å². The van der Waals surface area contributed by atoms with Crippen LogP contribution in [0.3, 0.4) is 0 Å². The van der Waals surface area contributed by atoms with E-state index in [1.165, 1.54) is 12.6 Å². The summed E-state index contributed by atoms with van der Waals surface area (Å²) in [6, 6.07) is 1.55. The molecule has 28 heavy (non-hydrogen) atoms. The standard InChI is InChI=1S/C21H27FN4O2/c1-3-21(4-2,9-8-19(27)28)17-12-23-13-18(25-17)26-20-16(22)10-15(11-24-20)14-6-5-7-14/h10-14H,3-9H2,1-2H3,(H,27,28)(H,24,25,26). The van der Waals surface area contributed by atoms with E-state index in [1.54, 1.807) is 18.5 Å². The van der Waals surface area contributed by atoms with E-state index in [-0.39, 0.29) is 17.7 Å². The molecule has 0 unspecified atom stereocenters. The van der Waals surface area contributed by atoms with Crippen LogP contribution in [0.15, 0.2) is 24.7 Å². The van der Waals surface area contributed by atoms with E-state index in [0.717, 1.165) is 36.9 Å². The summed E-state index contributed by atoms with van der Waals surface area (Å²) >= 11 is 0. The summed E-state index contributed by atoms with van der Waals surface area (Å²) in [7, 11) is 0. The van der Waals surface area contributed by atoms with Crippen LogP contribution in [0.25, 0.3) is 0 Å². The highest BCUT2D eigenvalue weighted by Gasteiger charge is 2.31. The average Bonchev–Trinajstić information content (AvgIpc) is 2.64. The predicted octanol–water partition coefficient (Wildman–Crippen LogP) is 4.94. The van der Waals surface area contributed by atoms with Crippen molar-refractivity contribution in [2.75, 3.05) is 5.32 Å². The summed E-state index contributed by atoms with van der Waals surface area (Å²) in [6.07, 6.45) is 10.3. The third-order valence-corrected chi connectivity index (χ3v) is 6.03. The van der Waals surface area contributed by atoms with Crippen LogP contribution in [-0.4, -0.2) is 26.0 Å². The van der Waals surface area contributed by atoms with Crippen molar-refractivity contribution in [3.63, 3.8) is 0 Å². The van der Waals surface area contributed by atoms with Crippen molar-refractivity contribution in [2.24, 2.45) is 0 Å². The van der Waals surface area contributed by atoms with E-state index in [9.17, 15) is 9.18 Å². The number of aliphatic carboxylic acids is 1. The van der Waals surface area contributed by atoms with Gasteiger partial charge in [0.2, 0.25) is 0 Å². The molecule has 0 aromatic carbocycles. The van der Waals surface area contributed by atoms with Gasteiger partial charge in [0.25, 0.3) is 0 Å². The van der Waals surface area contributed by atoms with Gasteiger partial charge in [0.05, 0.1) is 11.9 Å². The molecule has 0 aliphatic heterocycles. The third kappa shape index (κ3) is 4.29. The number of carbonyl (C=O) groups is 1. The summed E-state index contributed by atoms with van der Waals surface area (Å²) in [4.78, 5) is 24.2. The van der Waals surface area contributed by atoms with Gasteiger partial charge >= 0.3 is 5.97 Å². The fourth-order valence-corrected chi connectivity index (χ4v) is 3.75. The van der Waals surface area contributed by atoms with Crippen molar-refractivity contribution >= 4 is 17.6 Å². The van der Waals surface area contributed by atoms with Crippen molar-refractivity contribution in [2.45, 2.75) is 70.1 Å². The van der Waals surface area contributed by atoms with Crippen LogP contribution >= 0.6 is 0 Å². The minimum Gasteiger partial charge on any atom is -0.481 e. The maximum absolute atomic E-state index is 14.5. The molecule has 0 saturated heterocycles. The molecular formula is C21H27FN4O2. The van der Waals surface area contributed by atoms with Gasteiger partial charge in [0.1, 0.15) is 5.82 Å². The molecule has 1 fully saturated rings. The number of halogens is 1. The van der Waals surface area contributed by atoms with E-state index < -0.39 is 11.8 Å². The minimum atomic E-state index is -0.827. The Bertz CT molecular complexity index is 835. The summed E-state index contributed by atoms with van der Waals surface area (Å²) in [5.74, 6) is -0.283. The molecule has 0 amide bonds. The number of pyridine rings is 1. The fraction of sp³-hybridized carbons (Fsp3) is 0.524. The molecule has 1 aliphatic rings. The molecule has 6 nitrogen and oxygen atoms in total. The number of carboxylic acid groups (broad SMARTS) is 1. The number of anilines is 2. The maximum Gasteiger partial charge on any atom is 0.303 e. The molecule has 0 atom stereocenters. The fourth-order valence-electron chi connectivity index (χ4n) is 3.75. The van der Waals surface area contributed by atoms with Crippen LogP contribution in [0, 0.1) is 5.82 Å². The Morgan fingerprint density at radius 3 is 2.61 bits per heavy atom. The minimum absolute atomic E-state index is 0.0693. The molecule has 2 aromatic heterocycles. The lowest BCUT2D eigenvalue weighted by Gasteiger charge is -2.30. The Hall–Kier alpha value is -2.57.